The Kier molecular flexibility index (Phi) is 74.1. The topological polar surface area (TPSA) is 237 Å². The van der Waals surface area contributed by atoms with Gasteiger partial charge in [-0.3, -0.25) is 37.3 Å². The quantitative estimate of drug-likeness (QED) is 0.0222. The number of ether oxygens (including phenoxy) is 4. The number of carbonyl (C=O) groups is 4. The van der Waals surface area contributed by atoms with Crippen molar-refractivity contribution in [2.24, 2.45) is 11.8 Å². The summed E-state index contributed by atoms with van der Waals surface area (Å²) in [5, 5.41) is 10.7. The van der Waals surface area contributed by atoms with Crippen molar-refractivity contribution in [2.45, 2.75) is 464 Å². The Labute approximate surface area is 632 Å². The molecule has 0 amide bonds. The Hall–Kier alpha value is -1.94. The summed E-state index contributed by atoms with van der Waals surface area (Å²) in [6.07, 6.45) is 66.7. The van der Waals surface area contributed by atoms with Crippen molar-refractivity contribution < 1.29 is 80.2 Å². The molecule has 0 rings (SSSR count). The highest BCUT2D eigenvalue weighted by atomic mass is 31.2. The van der Waals surface area contributed by atoms with E-state index in [4.69, 9.17) is 37.0 Å². The van der Waals surface area contributed by atoms with Crippen molar-refractivity contribution in [1.82, 2.24) is 0 Å². The first-order valence-corrected chi connectivity index (χ1v) is 46.5. The Balaban J connectivity index is 5.21. The fraction of sp³-hybridized carbons (Fsp3) is 0.952. The van der Waals surface area contributed by atoms with Gasteiger partial charge in [0.2, 0.25) is 0 Å². The fourth-order valence-corrected chi connectivity index (χ4v) is 14.6. The number of aliphatic hydroxyl groups is 1. The van der Waals surface area contributed by atoms with Crippen molar-refractivity contribution in [3.63, 3.8) is 0 Å². The number of aliphatic hydroxyl groups excluding tert-OH is 1. The van der Waals surface area contributed by atoms with Crippen LogP contribution < -0.4 is 0 Å². The van der Waals surface area contributed by atoms with Crippen LogP contribution in [0.3, 0.4) is 0 Å². The second kappa shape index (κ2) is 75.5. The molecule has 0 saturated carbocycles. The molecule has 0 spiro atoms. The monoisotopic (exact) mass is 1510 g/mol. The average Bonchev–Trinajstić information content (AvgIpc) is 1.38. The molecule has 103 heavy (non-hydrogen) atoms. The molecule has 3 N–H and O–H groups in total. The van der Waals surface area contributed by atoms with Crippen LogP contribution in [0.4, 0.5) is 0 Å². The Morgan fingerprint density at radius 2 is 0.447 bits per heavy atom. The number of hydrogen-bond acceptors (Lipinski definition) is 15. The minimum atomic E-state index is -4.96. The molecule has 2 unspecified atom stereocenters. The highest BCUT2D eigenvalue weighted by Crippen LogP contribution is 2.45. The van der Waals surface area contributed by atoms with Gasteiger partial charge in [-0.05, 0) is 37.5 Å². The Morgan fingerprint density at radius 1 is 0.262 bits per heavy atom. The van der Waals surface area contributed by atoms with Gasteiger partial charge in [0.1, 0.15) is 19.3 Å². The molecule has 0 radical (unpaired) electrons. The normalized spacial score (nSPS) is 13.9. The zero-order chi connectivity index (χ0) is 75.6. The molecule has 0 aliphatic heterocycles. The molecule has 0 aliphatic rings. The van der Waals surface area contributed by atoms with E-state index < -0.39 is 97.5 Å². The lowest BCUT2D eigenvalue weighted by atomic mass is 10.0. The number of phosphoric acid groups is 2. The van der Waals surface area contributed by atoms with Gasteiger partial charge in [0.15, 0.2) is 12.2 Å². The van der Waals surface area contributed by atoms with E-state index in [-0.39, 0.29) is 25.7 Å². The van der Waals surface area contributed by atoms with Crippen LogP contribution in [0.15, 0.2) is 0 Å². The first kappa shape index (κ1) is 101. The Morgan fingerprint density at radius 3 is 0.660 bits per heavy atom. The summed E-state index contributed by atoms with van der Waals surface area (Å²) in [6.45, 7) is 9.66. The molecule has 0 aliphatic carbocycles. The second-order valence-corrected chi connectivity index (χ2v) is 34.1. The molecule has 5 atom stereocenters. The van der Waals surface area contributed by atoms with E-state index in [1.54, 1.807) is 0 Å². The molecule has 0 saturated heterocycles. The second-order valence-electron chi connectivity index (χ2n) is 31.2. The van der Waals surface area contributed by atoms with E-state index in [0.717, 1.165) is 102 Å². The summed E-state index contributed by atoms with van der Waals surface area (Å²) < 4.78 is 68.8. The minimum Gasteiger partial charge on any atom is -0.462 e. The first-order chi connectivity index (χ1) is 49.9. The van der Waals surface area contributed by atoms with E-state index in [1.165, 1.54) is 263 Å². The predicted octanol–water partition coefficient (Wildman–Crippen LogP) is 25.5. The summed E-state index contributed by atoms with van der Waals surface area (Å²) in [6, 6.07) is 0. The van der Waals surface area contributed by atoms with Gasteiger partial charge < -0.3 is 33.8 Å². The van der Waals surface area contributed by atoms with Crippen LogP contribution in [0.25, 0.3) is 0 Å². The van der Waals surface area contributed by atoms with Gasteiger partial charge in [-0.15, -0.1) is 0 Å². The molecule has 0 bridgehead atoms. The standard InChI is InChI=1S/C84H164O17P2/c1-7-9-11-13-15-17-19-20-21-22-23-24-25-26-27-30-34-37-44-50-56-62-68-83(88)100-80(73-95-82(87)67-61-55-49-43-36-33-31-28-29-32-35-40-46-52-58-64-76(3)4)75-99-103(92,93)97-71-78(85)70-96-102(90,91)98-74-79(72-94-81(86)66-60-54-48-42-18-16-14-12-10-8-2)101-84(89)69-63-57-51-45-39-38-41-47-53-59-65-77(5)6/h76-80,85H,7-75H2,1-6H3,(H,90,91)(H,92,93)/t78-,79+,80+/m0/s1. The maximum atomic E-state index is 13.1. The number of hydrogen-bond donors (Lipinski definition) is 3. The number of phosphoric ester groups is 2. The molecule has 0 fully saturated rings. The molecule has 0 aromatic carbocycles. The molecular weight excluding hydrogens is 1340 g/mol. The van der Waals surface area contributed by atoms with E-state index in [0.29, 0.717) is 25.7 Å². The molecule has 612 valence electrons. The summed E-state index contributed by atoms with van der Waals surface area (Å²) >= 11 is 0. The maximum absolute atomic E-state index is 13.1. The van der Waals surface area contributed by atoms with Crippen molar-refractivity contribution in [3.05, 3.63) is 0 Å². The summed E-state index contributed by atoms with van der Waals surface area (Å²) in [5.41, 5.74) is 0. The summed E-state index contributed by atoms with van der Waals surface area (Å²) in [5.74, 6) is -0.548. The third kappa shape index (κ3) is 78.0. The summed E-state index contributed by atoms with van der Waals surface area (Å²) in [4.78, 5) is 73.1. The smallest absolute Gasteiger partial charge is 0.462 e. The number of carbonyl (C=O) groups excluding carboxylic acids is 4. The highest BCUT2D eigenvalue weighted by Gasteiger charge is 2.30. The van der Waals surface area contributed by atoms with Crippen LogP contribution in [0.2, 0.25) is 0 Å². The number of rotatable bonds is 83. The van der Waals surface area contributed by atoms with Gasteiger partial charge >= 0.3 is 39.5 Å². The third-order valence-electron chi connectivity index (χ3n) is 19.7. The van der Waals surface area contributed by atoms with Crippen LogP contribution in [0.1, 0.15) is 446 Å². The largest absolute Gasteiger partial charge is 0.472 e. The van der Waals surface area contributed by atoms with Crippen molar-refractivity contribution in [3.8, 4) is 0 Å². The predicted molar refractivity (Wildman–Crippen MR) is 423 cm³/mol. The fourth-order valence-electron chi connectivity index (χ4n) is 13.1. The molecule has 17 nitrogen and oxygen atoms in total. The molecule has 0 aromatic rings. The Bertz CT molecular complexity index is 1980. The lowest BCUT2D eigenvalue weighted by molar-refractivity contribution is -0.161. The van der Waals surface area contributed by atoms with Crippen molar-refractivity contribution in [2.75, 3.05) is 39.6 Å². The molecule has 0 aromatic heterocycles. The van der Waals surface area contributed by atoms with Crippen LogP contribution >= 0.6 is 15.6 Å². The third-order valence-corrected chi connectivity index (χ3v) is 21.6. The van der Waals surface area contributed by atoms with Crippen molar-refractivity contribution >= 4 is 39.5 Å². The lowest BCUT2D eigenvalue weighted by Crippen LogP contribution is -2.30. The van der Waals surface area contributed by atoms with E-state index in [2.05, 4.69) is 41.5 Å². The maximum Gasteiger partial charge on any atom is 0.472 e. The van der Waals surface area contributed by atoms with Crippen LogP contribution in [0, 0.1) is 11.8 Å². The van der Waals surface area contributed by atoms with E-state index in [9.17, 15) is 43.2 Å². The average molecular weight is 1510 g/mol. The minimum absolute atomic E-state index is 0.106. The molecular formula is C84H164O17P2. The van der Waals surface area contributed by atoms with Crippen molar-refractivity contribution in [1.29, 1.82) is 0 Å². The van der Waals surface area contributed by atoms with Gasteiger partial charge in [0.05, 0.1) is 26.4 Å². The van der Waals surface area contributed by atoms with Gasteiger partial charge in [0.25, 0.3) is 0 Å². The van der Waals surface area contributed by atoms with E-state index in [1.807, 2.05) is 0 Å². The van der Waals surface area contributed by atoms with Crippen LogP contribution in [-0.2, 0) is 65.4 Å². The molecule has 0 heterocycles. The highest BCUT2D eigenvalue weighted by molar-refractivity contribution is 7.47. The van der Waals surface area contributed by atoms with Gasteiger partial charge in [-0.1, -0.05) is 395 Å². The van der Waals surface area contributed by atoms with Gasteiger partial charge in [-0.2, -0.15) is 0 Å². The lowest BCUT2D eigenvalue weighted by Gasteiger charge is -2.21. The van der Waals surface area contributed by atoms with Crippen LogP contribution in [0.5, 0.6) is 0 Å². The zero-order valence-corrected chi connectivity index (χ0v) is 69.4. The van der Waals surface area contributed by atoms with Crippen LogP contribution in [-0.4, -0.2) is 96.7 Å². The first-order valence-electron chi connectivity index (χ1n) is 43.5. The van der Waals surface area contributed by atoms with E-state index >= 15 is 0 Å². The van der Waals surface area contributed by atoms with Gasteiger partial charge in [-0.25, -0.2) is 9.13 Å². The van der Waals surface area contributed by atoms with Gasteiger partial charge in [0, 0.05) is 25.7 Å². The molecule has 19 heteroatoms. The number of unbranched alkanes of at least 4 members (excludes halogenated alkanes) is 53. The summed E-state index contributed by atoms with van der Waals surface area (Å²) in [7, 11) is -9.92. The SMILES string of the molecule is CCCCCCCCCCCCCCCCCCCCCCCCC(=O)O[C@H](COC(=O)CCCCCCCCCCCCCCCCCC(C)C)COP(=O)(O)OC[C@@H](O)COP(=O)(O)OC[C@@H](COC(=O)CCCCCCCCCCCC)OC(=O)CCCCCCCCCCCCC(C)C. The number of esters is 4. The zero-order valence-electron chi connectivity index (χ0n) is 67.6.